The quantitative estimate of drug-likeness (QED) is 0.776. The second kappa shape index (κ2) is 6.99. The number of ether oxygens (including phenoxy) is 3. The van der Waals surface area contributed by atoms with Gasteiger partial charge in [-0.05, 0) is 37.6 Å². The molecular formula is C13H15ClO5. The van der Waals surface area contributed by atoms with Crippen molar-refractivity contribution in [2.75, 3.05) is 13.7 Å². The van der Waals surface area contributed by atoms with Crippen LogP contribution in [0.4, 0.5) is 0 Å². The van der Waals surface area contributed by atoms with E-state index in [1.165, 1.54) is 14.0 Å². The molecule has 104 valence electrons. The zero-order valence-corrected chi connectivity index (χ0v) is 11.7. The van der Waals surface area contributed by atoms with Crippen LogP contribution in [0.3, 0.4) is 0 Å². The summed E-state index contributed by atoms with van der Waals surface area (Å²) in [6, 6.07) is 5.04. The van der Waals surface area contributed by atoms with Gasteiger partial charge in [0.15, 0.2) is 12.7 Å². The molecular weight excluding hydrogens is 272 g/mol. The molecule has 0 heterocycles. The second-order valence-electron chi connectivity index (χ2n) is 3.85. The lowest BCUT2D eigenvalue weighted by molar-refractivity contribution is -0.165. The van der Waals surface area contributed by atoms with Gasteiger partial charge in [-0.15, -0.1) is 0 Å². The van der Waals surface area contributed by atoms with Gasteiger partial charge in [0.1, 0.15) is 5.75 Å². The summed E-state index contributed by atoms with van der Waals surface area (Å²) in [6.45, 7) is 2.95. The van der Waals surface area contributed by atoms with E-state index < -0.39 is 18.0 Å². The molecule has 19 heavy (non-hydrogen) atoms. The Labute approximate surface area is 116 Å². The van der Waals surface area contributed by atoms with Crippen molar-refractivity contribution in [2.45, 2.75) is 20.0 Å². The summed E-state index contributed by atoms with van der Waals surface area (Å²) in [5, 5.41) is 0.590. The Morgan fingerprint density at radius 1 is 1.37 bits per heavy atom. The molecule has 1 atom stereocenters. The molecule has 5 nitrogen and oxygen atoms in total. The summed E-state index contributed by atoms with van der Waals surface area (Å²) in [4.78, 5) is 22.5. The highest BCUT2D eigenvalue weighted by molar-refractivity contribution is 6.30. The highest BCUT2D eigenvalue weighted by Crippen LogP contribution is 2.21. The minimum absolute atomic E-state index is 0.288. The predicted molar refractivity (Wildman–Crippen MR) is 69.3 cm³/mol. The van der Waals surface area contributed by atoms with Gasteiger partial charge in [0.05, 0.1) is 7.11 Å². The first kappa shape index (κ1) is 15.3. The van der Waals surface area contributed by atoms with Gasteiger partial charge in [-0.2, -0.15) is 0 Å². The van der Waals surface area contributed by atoms with Crippen LogP contribution in [0.15, 0.2) is 18.2 Å². The Morgan fingerprint density at radius 3 is 2.63 bits per heavy atom. The SMILES string of the molecule is COC(=O)C(C)OC(=O)COc1ccc(Cl)cc1C. The van der Waals surface area contributed by atoms with Crippen LogP contribution in [-0.2, 0) is 19.1 Å². The largest absolute Gasteiger partial charge is 0.482 e. The average Bonchev–Trinajstić information content (AvgIpc) is 2.36. The molecule has 0 fully saturated rings. The van der Waals surface area contributed by atoms with Gasteiger partial charge >= 0.3 is 11.9 Å². The number of rotatable bonds is 5. The van der Waals surface area contributed by atoms with Crippen LogP contribution in [0.2, 0.25) is 5.02 Å². The summed E-state index contributed by atoms with van der Waals surface area (Å²) in [5.41, 5.74) is 0.807. The molecule has 1 rings (SSSR count). The highest BCUT2D eigenvalue weighted by Gasteiger charge is 2.18. The fourth-order valence-electron chi connectivity index (χ4n) is 1.36. The van der Waals surface area contributed by atoms with Crippen molar-refractivity contribution in [3.05, 3.63) is 28.8 Å². The van der Waals surface area contributed by atoms with Gasteiger partial charge in [-0.1, -0.05) is 11.6 Å². The summed E-state index contributed by atoms with van der Waals surface area (Å²) in [7, 11) is 1.22. The molecule has 0 radical (unpaired) electrons. The maximum absolute atomic E-state index is 11.4. The molecule has 0 saturated heterocycles. The van der Waals surface area contributed by atoms with Crippen LogP contribution < -0.4 is 4.74 Å². The minimum atomic E-state index is -0.951. The van der Waals surface area contributed by atoms with Gasteiger partial charge < -0.3 is 14.2 Å². The number of carbonyl (C=O) groups excluding carboxylic acids is 2. The molecule has 0 aromatic heterocycles. The Morgan fingerprint density at radius 2 is 2.05 bits per heavy atom. The maximum atomic E-state index is 11.4. The van der Waals surface area contributed by atoms with E-state index in [0.29, 0.717) is 10.8 Å². The number of aryl methyl sites for hydroxylation is 1. The molecule has 0 bridgehead atoms. The zero-order chi connectivity index (χ0) is 14.4. The average molecular weight is 287 g/mol. The van der Waals surface area contributed by atoms with Crippen molar-refractivity contribution < 1.29 is 23.8 Å². The zero-order valence-electron chi connectivity index (χ0n) is 10.9. The van der Waals surface area contributed by atoms with Crippen LogP contribution in [0.1, 0.15) is 12.5 Å². The summed E-state index contributed by atoms with van der Waals surface area (Å²) in [6.07, 6.45) is -0.951. The van der Waals surface area contributed by atoms with Gasteiger partial charge in [0.2, 0.25) is 0 Å². The maximum Gasteiger partial charge on any atom is 0.346 e. The van der Waals surface area contributed by atoms with E-state index in [9.17, 15) is 9.59 Å². The van der Waals surface area contributed by atoms with Crippen LogP contribution in [0, 0.1) is 6.92 Å². The van der Waals surface area contributed by atoms with Crippen molar-refractivity contribution in [3.8, 4) is 5.75 Å². The van der Waals surface area contributed by atoms with Crippen molar-refractivity contribution in [1.29, 1.82) is 0 Å². The normalized spacial score (nSPS) is 11.6. The number of hydrogen-bond acceptors (Lipinski definition) is 5. The van der Waals surface area contributed by atoms with Gasteiger partial charge in [0, 0.05) is 5.02 Å². The van der Waals surface area contributed by atoms with Crippen molar-refractivity contribution >= 4 is 23.5 Å². The first-order valence-electron chi connectivity index (χ1n) is 5.60. The molecule has 0 saturated carbocycles. The van der Waals surface area contributed by atoms with E-state index in [0.717, 1.165) is 5.56 Å². The highest BCUT2D eigenvalue weighted by atomic mass is 35.5. The van der Waals surface area contributed by atoms with Gasteiger partial charge in [0.25, 0.3) is 0 Å². The lowest BCUT2D eigenvalue weighted by Crippen LogP contribution is -2.28. The number of methoxy groups -OCH3 is 1. The second-order valence-corrected chi connectivity index (χ2v) is 4.29. The molecule has 1 aromatic rings. The number of benzene rings is 1. The Bertz CT molecular complexity index is 472. The Hall–Kier alpha value is -1.75. The third-order valence-electron chi connectivity index (χ3n) is 2.32. The predicted octanol–water partition coefficient (Wildman–Crippen LogP) is 2.13. The fraction of sp³-hybridized carbons (Fsp3) is 0.385. The van der Waals surface area contributed by atoms with Crippen molar-refractivity contribution in [3.63, 3.8) is 0 Å². The molecule has 0 aliphatic rings. The number of hydrogen-bond donors (Lipinski definition) is 0. The first-order chi connectivity index (χ1) is 8.93. The third kappa shape index (κ3) is 4.79. The summed E-state index contributed by atoms with van der Waals surface area (Å²) >= 11 is 5.80. The first-order valence-corrected chi connectivity index (χ1v) is 5.98. The topological polar surface area (TPSA) is 61.8 Å². The molecule has 0 spiro atoms. The van der Waals surface area contributed by atoms with Crippen LogP contribution in [0.5, 0.6) is 5.75 Å². The Balaban J connectivity index is 2.48. The third-order valence-corrected chi connectivity index (χ3v) is 2.56. The van der Waals surface area contributed by atoms with Crippen LogP contribution in [0.25, 0.3) is 0 Å². The Kier molecular flexibility index (Phi) is 5.63. The lowest BCUT2D eigenvalue weighted by atomic mass is 10.2. The number of carbonyl (C=O) groups is 2. The minimum Gasteiger partial charge on any atom is -0.482 e. The van der Waals surface area contributed by atoms with Crippen molar-refractivity contribution in [1.82, 2.24) is 0 Å². The lowest BCUT2D eigenvalue weighted by Gasteiger charge is -2.12. The van der Waals surface area contributed by atoms with E-state index in [4.69, 9.17) is 21.1 Å². The van der Waals surface area contributed by atoms with Crippen LogP contribution >= 0.6 is 11.6 Å². The van der Waals surface area contributed by atoms with E-state index in [-0.39, 0.29) is 6.61 Å². The van der Waals surface area contributed by atoms with Gasteiger partial charge in [-0.25, -0.2) is 9.59 Å². The van der Waals surface area contributed by atoms with Crippen molar-refractivity contribution in [2.24, 2.45) is 0 Å². The molecule has 0 aliphatic carbocycles. The fourth-order valence-corrected chi connectivity index (χ4v) is 1.58. The molecule has 0 N–H and O–H groups in total. The smallest absolute Gasteiger partial charge is 0.346 e. The summed E-state index contributed by atoms with van der Waals surface area (Å²) < 4.78 is 14.5. The van der Waals surface area contributed by atoms with E-state index in [1.807, 2.05) is 6.92 Å². The standard InChI is InChI=1S/C13H15ClO5/c1-8-6-10(14)4-5-11(8)18-7-12(15)19-9(2)13(16)17-3/h4-6,9H,7H2,1-3H3. The molecule has 1 aromatic carbocycles. The van der Waals surface area contributed by atoms with E-state index in [1.54, 1.807) is 18.2 Å². The molecule has 6 heteroatoms. The molecule has 1 unspecified atom stereocenters. The van der Waals surface area contributed by atoms with Crippen LogP contribution in [-0.4, -0.2) is 31.8 Å². The molecule has 0 amide bonds. The monoisotopic (exact) mass is 286 g/mol. The van der Waals surface area contributed by atoms with E-state index >= 15 is 0 Å². The summed E-state index contributed by atoms with van der Waals surface area (Å²) in [5.74, 6) is -0.727. The molecule has 0 aliphatic heterocycles. The number of halogens is 1. The van der Waals surface area contributed by atoms with Gasteiger partial charge in [-0.3, -0.25) is 0 Å². The number of esters is 2. The van der Waals surface area contributed by atoms with E-state index in [2.05, 4.69) is 4.74 Å².